The molecular weight excluding hydrogens is 372 g/mol. The van der Waals surface area contributed by atoms with Gasteiger partial charge in [0.05, 0.1) is 17.9 Å². The van der Waals surface area contributed by atoms with Crippen LogP contribution in [-0.4, -0.2) is 41.2 Å². The number of carbonyl (C=O) groups excluding carboxylic acids is 4. The van der Waals surface area contributed by atoms with Gasteiger partial charge in [0.15, 0.2) is 6.61 Å². The van der Waals surface area contributed by atoms with E-state index >= 15 is 0 Å². The molecule has 0 spiro atoms. The van der Waals surface area contributed by atoms with Gasteiger partial charge >= 0.3 is 5.97 Å². The normalized spacial score (nSPS) is 29.5. The van der Waals surface area contributed by atoms with Crippen LogP contribution in [0.15, 0.2) is 30.3 Å². The van der Waals surface area contributed by atoms with E-state index in [0.29, 0.717) is 0 Å². The molecule has 7 heteroatoms. The standard InChI is InChI=1S/C22H26N2O5/c1-12(14-6-4-3-5-7-14)23-17(25)11-29-22(28)13(2)24-20(26)18-15-8-9-16(10-15)19(18)21(24)27/h3-7,12-13,15-16,18-19H,8-11H2,1-2H3,(H,23,25)/t12-,13-,15-,16+,18-,19+/m1/s1. The number of hydrogen-bond acceptors (Lipinski definition) is 5. The van der Waals surface area contributed by atoms with E-state index < -0.39 is 24.5 Å². The highest BCUT2D eigenvalue weighted by Gasteiger charge is 2.62. The molecule has 3 fully saturated rings. The summed E-state index contributed by atoms with van der Waals surface area (Å²) in [4.78, 5) is 51.2. The molecule has 6 atom stereocenters. The van der Waals surface area contributed by atoms with Crippen molar-refractivity contribution in [3.8, 4) is 0 Å². The molecular formula is C22H26N2O5. The average Bonchev–Trinajstić information content (AvgIpc) is 3.40. The minimum Gasteiger partial charge on any atom is -0.454 e. The first-order valence-corrected chi connectivity index (χ1v) is 10.3. The van der Waals surface area contributed by atoms with E-state index in [9.17, 15) is 19.2 Å². The van der Waals surface area contributed by atoms with Crippen LogP contribution in [0.2, 0.25) is 0 Å². The van der Waals surface area contributed by atoms with Crippen molar-refractivity contribution in [2.45, 2.75) is 45.2 Å². The van der Waals surface area contributed by atoms with Crippen molar-refractivity contribution in [2.75, 3.05) is 6.61 Å². The van der Waals surface area contributed by atoms with Crippen LogP contribution in [-0.2, 0) is 23.9 Å². The van der Waals surface area contributed by atoms with Crippen LogP contribution < -0.4 is 5.32 Å². The number of benzene rings is 1. The summed E-state index contributed by atoms with van der Waals surface area (Å²) in [5.41, 5.74) is 0.940. The molecule has 2 bridgehead atoms. The number of esters is 1. The van der Waals surface area contributed by atoms with E-state index in [1.165, 1.54) is 6.92 Å². The van der Waals surface area contributed by atoms with Crippen LogP contribution in [0, 0.1) is 23.7 Å². The monoisotopic (exact) mass is 398 g/mol. The van der Waals surface area contributed by atoms with E-state index in [0.717, 1.165) is 29.7 Å². The zero-order valence-electron chi connectivity index (χ0n) is 16.7. The third-order valence-corrected chi connectivity index (χ3v) is 6.71. The number of carbonyl (C=O) groups is 4. The molecule has 7 nitrogen and oxygen atoms in total. The van der Waals surface area contributed by atoms with Gasteiger partial charge in [-0.15, -0.1) is 0 Å². The minimum absolute atomic E-state index is 0.226. The van der Waals surface area contributed by atoms with Crippen molar-refractivity contribution in [1.82, 2.24) is 10.2 Å². The lowest BCUT2D eigenvalue weighted by Crippen LogP contribution is -2.46. The van der Waals surface area contributed by atoms with Crippen molar-refractivity contribution in [1.29, 1.82) is 0 Å². The second kappa shape index (κ2) is 7.61. The number of nitrogens with zero attached hydrogens (tertiary/aromatic N) is 1. The molecule has 1 aromatic carbocycles. The lowest BCUT2D eigenvalue weighted by atomic mass is 9.81. The number of imide groups is 1. The smallest absolute Gasteiger partial charge is 0.329 e. The van der Waals surface area contributed by atoms with Gasteiger partial charge in [0, 0.05) is 0 Å². The molecule has 0 aromatic heterocycles. The molecule has 2 saturated carbocycles. The molecule has 2 aliphatic carbocycles. The molecule has 0 unspecified atom stereocenters. The van der Waals surface area contributed by atoms with Gasteiger partial charge in [-0.2, -0.15) is 0 Å². The Labute approximate surface area is 169 Å². The average molecular weight is 398 g/mol. The van der Waals surface area contributed by atoms with Crippen LogP contribution in [0.3, 0.4) is 0 Å². The maximum Gasteiger partial charge on any atom is 0.329 e. The first-order valence-electron chi connectivity index (χ1n) is 10.3. The predicted molar refractivity (Wildman–Crippen MR) is 103 cm³/mol. The van der Waals surface area contributed by atoms with Gasteiger partial charge in [-0.1, -0.05) is 30.3 Å². The van der Waals surface area contributed by atoms with E-state index in [2.05, 4.69) is 5.32 Å². The van der Waals surface area contributed by atoms with Gasteiger partial charge in [0.25, 0.3) is 5.91 Å². The predicted octanol–water partition coefficient (Wildman–Crippen LogP) is 1.83. The summed E-state index contributed by atoms with van der Waals surface area (Å²) in [6.07, 6.45) is 2.91. The van der Waals surface area contributed by atoms with Crippen molar-refractivity contribution in [3.63, 3.8) is 0 Å². The second-order valence-corrected chi connectivity index (χ2v) is 8.41. The Morgan fingerprint density at radius 3 is 2.24 bits per heavy atom. The van der Waals surface area contributed by atoms with Gasteiger partial charge in [0.1, 0.15) is 6.04 Å². The van der Waals surface area contributed by atoms with Gasteiger partial charge in [0.2, 0.25) is 11.8 Å². The molecule has 1 aromatic rings. The summed E-state index contributed by atoms with van der Waals surface area (Å²) in [5.74, 6) is -1.69. The fraction of sp³-hybridized carbons (Fsp3) is 0.545. The maximum atomic E-state index is 12.8. The summed E-state index contributed by atoms with van der Waals surface area (Å²) in [6.45, 7) is 2.88. The van der Waals surface area contributed by atoms with Gasteiger partial charge in [-0.3, -0.25) is 19.3 Å². The molecule has 3 amide bonds. The first-order chi connectivity index (χ1) is 13.9. The molecule has 4 rings (SSSR count). The summed E-state index contributed by atoms with van der Waals surface area (Å²) in [5, 5.41) is 2.77. The van der Waals surface area contributed by atoms with Gasteiger partial charge < -0.3 is 10.1 Å². The van der Waals surface area contributed by atoms with Gasteiger partial charge in [-0.05, 0) is 50.5 Å². The number of rotatable bonds is 6. The Kier molecular flexibility index (Phi) is 5.15. The third kappa shape index (κ3) is 3.43. The number of nitrogens with one attached hydrogen (secondary N) is 1. The molecule has 3 aliphatic rings. The van der Waals surface area contributed by atoms with Crippen molar-refractivity contribution >= 4 is 23.7 Å². The molecule has 1 N–H and O–H groups in total. The summed E-state index contributed by atoms with van der Waals surface area (Å²) < 4.78 is 5.11. The summed E-state index contributed by atoms with van der Waals surface area (Å²) >= 11 is 0. The largest absolute Gasteiger partial charge is 0.454 e. The number of amides is 3. The fourth-order valence-corrected chi connectivity index (χ4v) is 5.28. The zero-order chi connectivity index (χ0) is 20.7. The Balaban J connectivity index is 1.31. The number of hydrogen-bond donors (Lipinski definition) is 1. The van der Waals surface area contributed by atoms with Gasteiger partial charge in [-0.25, -0.2) is 4.79 Å². The summed E-state index contributed by atoms with van der Waals surface area (Å²) in [7, 11) is 0. The van der Waals surface area contributed by atoms with Crippen molar-refractivity contribution < 1.29 is 23.9 Å². The fourth-order valence-electron chi connectivity index (χ4n) is 5.28. The molecule has 1 aliphatic heterocycles. The van der Waals surface area contributed by atoms with Crippen LogP contribution in [0.4, 0.5) is 0 Å². The third-order valence-electron chi connectivity index (χ3n) is 6.71. The Bertz CT molecular complexity index is 811. The number of fused-ring (bicyclic) bond motifs is 5. The molecule has 154 valence electrons. The van der Waals surface area contributed by atoms with Crippen LogP contribution >= 0.6 is 0 Å². The minimum atomic E-state index is -1.01. The highest BCUT2D eigenvalue weighted by Crippen LogP contribution is 2.56. The lowest BCUT2D eigenvalue weighted by Gasteiger charge is -2.23. The second-order valence-electron chi connectivity index (χ2n) is 8.41. The Morgan fingerprint density at radius 1 is 1.07 bits per heavy atom. The topological polar surface area (TPSA) is 92.8 Å². The highest BCUT2D eigenvalue weighted by atomic mass is 16.5. The molecule has 29 heavy (non-hydrogen) atoms. The molecule has 1 saturated heterocycles. The van der Waals surface area contributed by atoms with E-state index in [4.69, 9.17) is 4.74 Å². The van der Waals surface area contributed by atoms with E-state index in [-0.39, 0.29) is 41.5 Å². The Morgan fingerprint density at radius 2 is 1.66 bits per heavy atom. The van der Waals surface area contributed by atoms with Crippen molar-refractivity contribution in [3.05, 3.63) is 35.9 Å². The van der Waals surface area contributed by atoms with Crippen LogP contribution in [0.5, 0.6) is 0 Å². The Hall–Kier alpha value is -2.70. The first kappa shape index (κ1) is 19.6. The van der Waals surface area contributed by atoms with E-state index in [1.807, 2.05) is 37.3 Å². The molecule has 0 radical (unpaired) electrons. The van der Waals surface area contributed by atoms with Crippen molar-refractivity contribution in [2.24, 2.45) is 23.7 Å². The number of ether oxygens (including phenoxy) is 1. The highest BCUT2D eigenvalue weighted by molar-refractivity contribution is 6.08. The lowest BCUT2D eigenvalue weighted by molar-refractivity contribution is -0.160. The summed E-state index contributed by atoms with van der Waals surface area (Å²) in [6, 6.07) is 8.20. The van der Waals surface area contributed by atoms with Crippen LogP contribution in [0.1, 0.15) is 44.7 Å². The maximum absolute atomic E-state index is 12.8. The zero-order valence-corrected chi connectivity index (χ0v) is 16.7. The SMILES string of the molecule is C[C@H](C(=O)OCC(=O)N[C@H](C)c1ccccc1)N1C(=O)[C@@H]2[C@@H]3CC[C@@H](C3)[C@@H]2C1=O. The van der Waals surface area contributed by atoms with E-state index in [1.54, 1.807) is 0 Å². The van der Waals surface area contributed by atoms with Crippen LogP contribution in [0.25, 0.3) is 0 Å². The number of likely N-dealkylation sites (tertiary alicyclic amines) is 1. The quantitative estimate of drug-likeness (QED) is 0.583. The molecule has 1 heterocycles.